The molecule has 0 amide bonds. The standard InChI is InChI=1S/C11H17N3O4/c1-18-6-8(15)2-3-12-5-10-9(11(16)17)4-13-7-14-10/h4,7-8,12,15H,2-3,5-6H2,1H3,(H,16,17). The molecule has 0 saturated carbocycles. The Morgan fingerprint density at radius 1 is 1.61 bits per heavy atom. The van der Waals surface area contributed by atoms with Crippen LogP contribution in [0.3, 0.4) is 0 Å². The van der Waals surface area contributed by atoms with E-state index in [-0.39, 0.29) is 12.2 Å². The number of rotatable bonds is 8. The molecule has 0 saturated heterocycles. The highest BCUT2D eigenvalue weighted by atomic mass is 16.5. The van der Waals surface area contributed by atoms with Crippen LogP contribution < -0.4 is 5.32 Å². The van der Waals surface area contributed by atoms with Gasteiger partial charge in [0, 0.05) is 19.9 Å². The fourth-order valence-electron chi connectivity index (χ4n) is 1.43. The minimum atomic E-state index is -1.05. The molecule has 1 aromatic rings. The summed E-state index contributed by atoms with van der Waals surface area (Å²) in [6.07, 6.45) is 2.59. The van der Waals surface area contributed by atoms with Gasteiger partial charge in [0.2, 0.25) is 0 Å². The normalized spacial score (nSPS) is 12.3. The highest BCUT2D eigenvalue weighted by molar-refractivity contribution is 5.88. The number of carboxylic acids is 1. The lowest BCUT2D eigenvalue weighted by Crippen LogP contribution is -2.24. The number of carbonyl (C=O) groups is 1. The van der Waals surface area contributed by atoms with Gasteiger partial charge in [0.25, 0.3) is 0 Å². The lowest BCUT2D eigenvalue weighted by molar-refractivity contribution is 0.0593. The zero-order valence-corrected chi connectivity index (χ0v) is 10.2. The van der Waals surface area contributed by atoms with E-state index in [1.807, 2.05) is 0 Å². The average molecular weight is 255 g/mol. The molecule has 0 aliphatic heterocycles. The molecule has 1 rings (SSSR count). The van der Waals surface area contributed by atoms with Gasteiger partial charge < -0.3 is 20.3 Å². The van der Waals surface area contributed by atoms with Crippen molar-refractivity contribution < 1.29 is 19.7 Å². The van der Waals surface area contributed by atoms with E-state index in [1.165, 1.54) is 19.6 Å². The number of methoxy groups -OCH3 is 1. The largest absolute Gasteiger partial charge is 0.478 e. The van der Waals surface area contributed by atoms with Gasteiger partial charge in [0.05, 0.1) is 18.4 Å². The van der Waals surface area contributed by atoms with Crippen molar-refractivity contribution in [3.05, 3.63) is 23.8 Å². The van der Waals surface area contributed by atoms with E-state index in [0.717, 1.165) is 0 Å². The Morgan fingerprint density at radius 2 is 2.39 bits per heavy atom. The molecule has 0 aromatic carbocycles. The fourth-order valence-corrected chi connectivity index (χ4v) is 1.43. The van der Waals surface area contributed by atoms with E-state index >= 15 is 0 Å². The summed E-state index contributed by atoms with van der Waals surface area (Å²) in [4.78, 5) is 18.5. The number of aliphatic hydroxyl groups excluding tert-OH is 1. The van der Waals surface area contributed by atoms with Crippen molar-refractivity contribution in [1.82, 2.24) is 15.3 Å². The maximum absolute atomic E-state index is 10.9. The smallest absolute Gasteiger partial charge is 0.339 e. The Kier molecular flexibility index (Phi) is 6.20. The Bertz CT molecular complexity index is 386. The zero-order valence-electron chi connectivity index (χ0n) is 10.2. The van der Waals surface area contributed by atoms with Crippen molar-refractivity contribution in [2.45, 2.75) is 19.1 Å². The molecule has 0 aliphatic rings. The summed E-state index contributed by atoms with van der Waals surface area (Å²) in [6.45, 7) is 1.16. The van der Waals surface area contributed by atoms with E-state index in [4.69, 9.17) is 9.84 Å². The molecule has 0 aliphatic carbocycles. The van der Waals surface area contributed by atoms with Gasteiger partial charge in [-0.2, -0.15) is 0 Å². The van der Waals surface area contributed by atoms with Crippen LogP contribution in [0, 0.1) is 0 Å². The molecule has 1 unspecified atom stereocenters. The second-order valence-electron chi connectivity index (χ2n) is 3.76. The van der Waals surface area contributed by atoms with E-state index in [9.17, 15) is 9.90 Å². The first-order chi connectivity index (χ1) is 8.65. The molecule has 0 spiro atoms. The number of aromatic nitrogens is 2. The van der Waals surface area contributed by atoms with Gasteiger partial charge in [-0.25, -0.2) is 14.8 Å². The third kappa shape index (κ3) is 4.74. The number of hydrogen-bond donors (Lipinski definition) is 3. The minimum absolute atomic E-state index is 0.0856. The monoisotopic (exact) mass is 255 g/mol. The zero-order chi connectivity index (χ0) is 13.4. The lowest BCUT2D eigenvalue weighted by Gasteiger charge is -2.10. The Labute approximate surface area is 105 Å². The van der Waals surface area contributed by atoms with E-state index in [0.29, 0.717) is 25.2 Å². The first-order valence-electron chi connectivity index (χ1n) is 5.55. The van der Waals surface area contributed by atoms with Crippen molar-refractivity contribution in [2.75, 3.05) is 20.3 Å². The van der Waals surface area contributed by atoms with Gasteiger partial charge >= 0.3 is 5.97 Å². The number of nitrogens with zero attached hydrogens (tertiary/aromatic N) is 2. The van der Waals surface area contributed by atoms with Crippen molar-refractivity contribution in [3.63, 3.8) is 0 Å². The van der Waals surface area contributed by atoms with Crippen LogP contribution >= 0.6 is 0 Å². The minimum Gasteiger partial charge on any atom is -0.478 e. The maximum atomic E-state index is 10.9. The quantitative estimate of drug-likeness (QED) is 0.546. The van der Waals surface area contributed by atoms with Gasteiger partial charge in [-0.15, -0.1) is 0 Å². The van der Waals surface area contributed by atoms with Crippen LogP contribution in [-0.4, -0.2) is 52.5 Å². The van der Waals surface area contributed by atoms with Crippen LogP contribution in [0.4, 0.5) is 0 Å². The van der Waals surface area contributed by atoms with Crippen LogP contribution in [0.1, 0.15) is 22.5 Å². The second-order valence-corrected chi connectivity index (χ2v) is 3.76. The number of ether oxygens (including phenoxy) is 1. The van der Waals surface area contributed by atoms with Crippen molar-refractivity contribution in [1.29, 1.82) is 0 Å². The average Bonchev–Trinajstić information content (AvgIpc) is 2.35. The molecule has 0 bridgehead atoms. The van der Waals surface area contributed by atoms with E-state index in [1.54, 1.807) is 0 Å². The first kappa shape index (κ1) is 14.5. The summed E-state index contributed by atoms with van der Waals surface area (Å²) in [5.74, 6) is -1.05. The van der Waals surface area contributed by atoms with Gasteiger partial charge in [-0.3, -0.25) is 0 Å². The van der Waals surface area contributed by atoms with Gasteiger partial charge in [-0.1, -0.05) is 0 Å². The van der Waals surface area contributed by atoms with Crippen LogP contribution in [0.15, 0.2) is 12.5 Å². The molecule has 0 radical (unpaired) electrons. The molecule has 1 heterocycles. The number of nitrogens with one attached hydrogen (secondary N) is 1. The molecule has 3 N–H and O–H groups in total. The fraction of sp³-hybridized carbons (Fsp3) is 0.545. The molecule has 1 atom stereocenters. The Morgan fingerprint density at radius 3 is 3.06 bits per heavy atom. The van der Waals surface area contributed by atoms with Crippen molar-refractivity contribution in [2.24, 2.45) is 0 Å². The Hall–Kier alpha value is -1.57. The summed E-state index contributed by atoms with van der Waals surface area (Å²) < 4.78 is 4.79. The summed E-state index contributed by atoms with van der Waals surface area (Å²) in [5, 5.41) is 21.3. The predicted octanol–water partition coefficient (Wildman–Crippen LogP) is -0.338. The molecule has 1 aromatic heterocycles. The molecular weight excluding hydrogens is 238 g/mol. The van der Waals surface area contributed by atoms with Gasteiger partial charge in [0.1, 0.15) is 11.9 Å². The number of hydrogen-bond acceptors (Lipinski definition) is 6. The number of carboxylic acid groups (broad SMARTS) is 1. The molecule has 7 nitrogen and oxygen atoms in total. The van der Waals surface area contributed by atoms with Crippen LogP contribution in [0.5, 0.6) is 0 Å². The molecule has 100 valence electrons. The molecule has 7 heteroatoms. The molecular formula is C11H17N3O4. The third-order valence-corrected chi connectivity index (χ3v) is 2.33. The van der Waals surface area contributed by atoms with Crippen LogP contribution in [0.25, 0.3) is 0 Å². The highest BCUT2D eigenvalue weighted by Gasteiger charge is 2.10. The van der Waals surface area contributed by atoms with E-state index < -0.39 is 12.1 Å². The number of aliphatic hydroxyl groups is 1. The summed E-state index contributed by atoms with van der Waals surface area (Å²) in [6, 6.07) is 0. The van der Waals surface area contributed by atoms with E-state index in [2.05, 4.69) is 15.3 Å². The highest BCUT2D eigenvalue weighted by Crippen LogP contribution is 2.03. The first-order valence-corrected chi connectivity index (χ1v) is 5.55. The topological polar surface area (TPSA) is 105 Å². The number of aromatic carboxylic acids is 1. The third-order valence-electron chi connectivity index (χ3n) is 2.33. The molecule has 18 heavy (non-hydrogen) atoms. The SMILES string of the molecule is COCC(O)CCNCc1ncncc1C(=O)O. The lowest BCUT2D eigenvalue weighted by atomic mass is 10.2. The van der Waals surface area contributed by atoms with Crippen LogP contribution in [-0.2, 0) is 11.3 Å². The van der Waals surface area contributed by atoms with Crippen molar-refractivity contribution >= 4 is 5.97 Å². The van der Waals surface area contributed by atoms with Crippen molar-refractivity contribution in [3.8, 4) is 0 Å². The van der Waals surface area contributed by atoms with Gasteiger partial charge in [-0.05, 0) is 13.0 Å². The van der Waals surface area contributed by atoms with Crippen LogP contribution in [0.2, 0.25) is 0 Å². The van der Waals surface area contributed by atoms with Gasteiger partial charge in [0.15, 0.2) is 0 Å². The second kappa shape index (κ2) is 7.70. The summed E-state index contributed by atoms with van der Waals surface area (Å²) >= 11 is 0. The summed E-state index contributed by atoms with van der Waals surface area (Å²) in [7, 11) is 1.52. The molecule has 0 fully saturated rings. The maximum Gasteiger partial charge on any atom is 0.339 e. The Balaban J connectivity index is 2.37. The summed E-state index contributed by atoms with van der Waals surface area (Å²) in [5.41, 5.74) is 0.515. The predicted molar refractivity (Wildman–Crippen MR) is 63.2 cm³/mol.